The summed E-state index contributed by atoms with van der Waals surface area (Å²) in [5.74, 6) is 1.58. The Balaban J connectivity index is 1.74. The molecule has 2 aromatic heterocycles. The van der Waals surface area contributed by atoms with E-state index < -0.39 is 0 Å². The summed E-state index contributed by atoms with van der Waals surface area (Å²) >= 11 is 0. The molecule has 96 valence electrons. The van der Waals surface area contributed by atoms with Crippen LogP contribution in [0.4, 0.5) is 5.69 Å². The highest BCUT2D eigenvalue weighted by atomic mass is 15.3. The Bertz CT molecular complexity index is 493. The minimum absolute atomic E-state index is 0.630. The van der Waals surface area contributed by atoms with Gasteiger partial charge >= 0.3 is 0 Å². The molecule has 0 spiro atoms. The van der Waals surface area contributed by atoms with Crippen LogP contribution in [0, 0.1) is 0 Å². The van der Waals surface area contributed by atoms with E-state index in [4.69, 9.17) is 0 Å². The van der Waals surface area contributed by atoms with Crippen LogP contribution in [-0.2, 0) is 13.6 Å². The quantitative estimate of drug-likeness (QED) is 0.869. The van der Waals surface area contributed by atoms with Crippen molar-refractivity contribution in [2.75, 3.05) is 5.32 Å². The van der Waals surface area contributed by atoms with Crippen LogP contribution in [0.15, 0.2) is 18.6 Å². The zero-order chi connectivity index (χ0) is 12.4. The number of aryl methyl sites for hydroxylation is 1. The number of nitrogens with one attached hydrogen (secondary N) is 2. The molecule has 0 amide bonds. The van der Waals surface area contributed by atoms with Crippen LogP contribution in [0.2, 0.25) is 0 Å². The topological polar surface area (TPSA) is 58.5 Å². The molecule has 2 heterocycles. The molecule has 0 radical (unpaired) electrons. The summed E-state index contributed by atoms with van der Waals surface area (Å²) in [4.78, 5) is 7.32. The van der Waals surface area contributed by atoms with Crippen molar-refractivity contribution < 1.29 is 0 Å². The maximum absolute atomic E-state index is 4.62. The fourth-order valence-corrected chi connectivity index (χ4v) is 2.72. The number of H-pyrrole nitrogens is 1. The molecule has 0 atom stereocenters. The summed E-state index contributed by atoms with van der Waals surface area (Å²) in [6.45, 7) is 0.721. The lowest BCUT2D eigenvalue weighted by atomic mass is 10.0. The summed E-state index contributed by atoms with van der Waals surface area (Å²) in [6, 6.07) is 0. The van der Waals surface area contributed by atoms with Gasteiger partial charge in [-0.1, -0.05) is 12.8 Å². The van der Waals surface area contributed by atoms with Gasteiger partial charge in [-0.05, 0) is 12.8 Å². The van der Waals surface area contributed by atoms with Crippen molar-refractivity contribution >= 4 is 5.69 Å². The largest absolute Gasteiger partial charge is 0.375 e. The van der Waals surface area contributed by atoms with E-state index in [0.29, 0.717) is 5.92 Å². The minimum Gasteiger partial charge on any atom is -0.375 e. The summed E-state index contributed by atoms with van der Waals surface area (Å²) in [6.07, 6.45) is 10.9. The zero-order valence-electron chi connectivity index (χ0n) is 10.7. The van der Waals surface area contributed by atoms with Gasteiger partial charge in [0.2, 0.25) is 0 Å². The number of aromatic amines is 1. The van der Waals surface area contributed by atoms with E-state index in [-0.39, 0.29) is 0 Å². The molecule has 0 aromatic carbocycles. The summed E-state index contributed by atoms with van der Waals surface area (Å²) < 4.78 is 1.90. The lowest BCUT2D eigenvalue weighted by Gasteiger charge is -2.09. The number of hydrogen-bond acceptors (Lipinski definition) is 3. The van der Waals surface area contributed by atoms with Gasteiger partial charge in [-0.3, -0.25) is 4.68 Å². The van der Waals surface area contributed by atoms with Gasteiger partial charge < -0.3 is 10.3 Å². The van der Waals surface area contributed by atoms with Crippen LogP contribution >= 0.6 is 0 Å². The molecular weight excluding hydrogens is 226 g/mol. The molecule has 2 N–H and O–H groups in total. The van der Waals surface area contributed by atoms with Crippen LogP contribution in [0.3, 0.4) is 0 Å². The van der Waals surface area contributed by atoms with Crippen LogP contribution < -0.4 is 5.32 Å². The molecule has 0 aliphatic heterocycles. The zero-order valence-corrected chi connectivity index (χ0v) is 10.7. The van der Waals surface area contributed by atoms with Gasteiger partial charge in [-0.15, -0.1) is 0 Å². The molecule has 1 saturated carbocycles. The van der Waals surface area contributed by atoms with Crippen molar-refractivity contribution in [2.24, 2.45) is 7.05 Å². The van der Waals surface area contributed by atoms with Gasteiger partial charge in [0.15, 0.2) is 0 Å². The second-order valence-corrected chi connectivity index (χ2v) is 4.97. The fourth-order valence-electron chi connectivity index (χ4n) is 2.72. The first-order chi connectivity index (χ1) is 8.83. The predicted octanol–water partition coefficient (Wildman–Crippen LogP) is 2.41. The van der Waals surface area contributed by atoms with E-state index in [1.54, 1.807) is 6.20 Å². The second kappa shape index (κ2) is 4.84. The van der Waals surface area contributed by atoms with Crippen molar-refractivity contribution in [1.29, 1.82) is 0 Å². The fraction of sp³-hybridized carbons (Fsp3) is 0.538. The summed E-state index contributed by atoms with van der Waals surface area (Å²) in [7, 11) is 1.98. The van der Waals surface area contributed by atoms with Crippen molar-refractivity contribution in [3.8, 4) is 0 Å². The third kappa shape index (κ3) is 2.25. The minimum atomic E-state index is 0.630. The highest BCUT2D eigenvalue weighted by molar-refractivity contribution is 5.48. The van der Waals surface area contributed by atoms with Crippen molar-refractivity contribution in [3.05, 3.63) is 30.1 Å². The normalized spacial score (nSPS) is 16.3. The molecule has 5 heteroatoms. The van der Waals surface area contributed by atoms with Gasteiger partial charge in [0.25, 0.3) is 0 Å². The monoisotopic (exact) mass is 245 g/mol. The van der Waals surface area contributed by atoms with E-state index in [2.05, 4.69) is 26.6 Å². The molecule has 18 heavy (non-hydrogen) atoms. The predicted molar refractivity (Wildman–Crippen MR) is 70.3 cm³/mol. The Kier molecular flexibility index (Phi) is 3.04. The van der Waals surface area contributed by atoms with Gasteiger partial charge in [0, 0.05) is 31.6 Å². The van der Waals surface area contributed by atoms with Crippen molar-refractivity contribution in [2.45, 2.75) is 38.1 Å². The summed E-state index contributed by atoms with van der Waals surface area (Å²) in [5, 5.41) is 8.05. The number of rotatable bonds is 4. The van der Waals surface area contributed by atoms with Crippen LogP contribution in [0.25, 0.3) is 0 Å². The van der Waals surface area contributed by atoms with Crippen LogP contribution in [0.5, 0.6) is 0 Å². The average molecular weight is 245 g/mol. The Morgan fingerprint density at radius 3 is 3.00 bits per heavy atom. The Hall–Kier alpha value is -1.78. The number of nitrogens with zero attached hydrogens (tertiary/aromatic N) is 3. The lowest BCUT2D eigenvalue weighted by molar-refractivity contribution is 0.658. The highest BCUT2D eigenvalue weighted by Gasteiger charge is 2.22. The maximum atomic E-state index is 4.62. The molecule has 2 aromatic rings. The molecule has 1 aliphatic rings. The van der Waals surface area contributed by atoms with Crippen LogP contribution in [0.1, 0.15) is 43.1 Å². The molecule has 1 aliphatic carbocycles. The molecule has 5 nitrogen and oxygen atoms in total. The summed E-state index contributed by atoms with van der Waals surface area (Å²) in [5.41, 5.74) is 2.38. The standard InChI is InChI=1S/C13H19N5/c1-18-9-11(16-8-12-14-6-7-15-12)13(17-18)10-4-2-3-5-10/h6-7,9-10,16H,2-5,8H2,1H3,(H,14,15). The average Bonchev–Trinajstić information content (AvgIpc) is 3.08. The molecule has 1 fully saturated rings. The second-order valence-electron chi connectivity index (χ2n) is 4.97. The first-order valence-corrected chi connectivity index (χ1v) is 6.58. The number of imidazole rings is 1. The first kappa shape index (κ1) is 11.3. The Morgan fingerprint density at radius 2 is 2.28 bits per heavy atom. The van der Waals surface area contributed by atoms with Gasteiger partial charge in [-0.2, -0.15) is 5.10 Å². The van der Waals surface area contributed by atoms with Crippen molar-refractivity contribution in [3.63, 3.8) is 0 Å². The van der Waals surface area contributed by atoms with Gasteiger partial charge in [-0.25, -0.2) is 4.98 Å². The molecule has 0 bridgehead atoms. The third-order valence-corrected chi connectivity index (χ3v) is 3.60. The van der Waals surface area contributed by atoms with Gasteiger partial charge in [0.05, 0.1) is 17.9 Å². The molecule has 0 unspecified atom stereocenters. The number of aromatic nitrogens is 4. The van der Waals surface area contributed by atoms with E-state index in [0.717, 1.165) is 18.1 Å². The SMILES string of the molecule is Cn1cc(NCc2ncc[nH]2)c(C2CCCC2)n1. The highest BCUT2D eigenvalue weighted by Crippen LogP contribution is 2.36. The molecule has 0 saturated heterocycles. The Morgan fingerprint density at radius 1 is 1.44 bits per heavy atom. The third-order valence-electron chi connectivity index (χ3n) is 3.60. The van der Waals surface area contributed by atoms with Gasteiger partial charge in [0.1, 0.15) is 5.82 Å². The smallest absolute Gasteiger partial charge is 0.125 e. The van der Waals surface area contributed by atoms with Crippen LogP contribution in [-0.4, -0.2) is 19.7 Å². The maximum Gasteiger partial charge on any atom is 0.125 e. The van der Waals surface area contributed by atoms with E-state index in [1.165, 1.54) is 31.4 Å². The number of hydrogen-bond donors (Lipinski definition) is 2. The van der Waals surface area contributed by atoms with E-state index in [9.17, 15) is 0 Å². The van der Waals surface area contributed by atoms with E-state index >= 15 is 0 Å². The van der Waals surface area contributed by atoms with Crippen molar-refractivity contribution in [1.82, 2.24) is 19.7 Å². The lowest BCUT2D eigenvalue weighted by Crippen LogP contribution is -2.04. The molecular formula is C13H19N5. The first-order valence-electron chi connectivity index (χ1n) is 6.58. The Labute approximate surface area is 107 Å². The number of anilines is 1. The van der Waals surface area contributed by atoms with E-state index in [1.807, 2.05) is 17.9 Å². The molecule has 3 rings (SSSR count).